The van der Waals surface area contributed by atoms with Gasteiger partial charge in [0.1, 0.15) is 17.9 Å². The predicted molar refractivity (Wildman–Crippen MR) is 116 cm³/mol. The normalized spacial score (nSPS) is 20.5. The number of halogens is 4. The lowest BCUT2D eigenvalue weighted by Gasteiger charge is -2.16. The van der Waals surface area contributed by atoms with Gasteiger partial charge in [-0.15, -0.1) is 0 Å². The van der Waals surface area contributed by atoms with Gasteiger partial charge in [0, 0.05) is 43.1 Å². The highest BCUT2D eigenvalue weighted by Crippen LogP contribution is 2.38. The van der Waals surface area contributed by atoms with Crippen LogP contribution in [-0.2, 0) is 22.3 Å². The maximum Gasteiger partial charge on any atom is 0.433 e. The zero-order chi connectivity index (χ0) is 25.3. The molecule has 1 aliphatic rings. The summed E-state index contributed by atoms with van der Waals surface area (Å²) >= 11 is 0. The number of nitrogens with zero attached hydrogens (tertiary/aromatic N) is 4. The zero-order valence-electron chi connectivity index (χ0n) is 19.2. The number of amides is 1. The molecule has 10 nitrogen and oxygen atoms in total. The van der Waals surface area contributed by atoms with E-state index in [2.05, 4.69) is 30.8 Å². The summed E-state index contributed by atoms with van der Waals surface area (Å²) in [5.41, 5.74) is -0.103. The molecule has 1 saturated carbocycles. The molecule has 3 aromatic rings. The molecule has 0 spiro atoms. The highest BCUT2D eigenvalue weighted by Gasteiger charge is 2.39. The fourth-order valence-corrected chi connectivity index (χ4v) is 3.95. The highest BCUT2D eigenvalue weighted by molar-refractivity contribution is 5.67. The third-order valence-corrected chi connectivity index (χ3v) is 5.46. The van der Waals surface area contributed by atoms with Crippen LogP contribution in [0.1, 0.15) is 49.7 Å². The van der Waals surface area contributed by atoms with Gasteiger partial charge in [-0.25, -0.2) is 19.2 Å². The van der Waals surface area contributed by atoms with Crippen LogP contribution in [0.15, 0.2) is 18.3 Å². The number of imidazole rings is 1. The van der Waals surface area contributed by atoms with Crippen LogP contribution in [0, 0.1) is 0 Å². The van der Waals surface area contributed by atoms with Crippen molar-refractivity contribution in [3.8, 4) is 0 Å². The lowest BCUT2D eigenvalue weighted by atomic mass is 10.0. The predicted octanol–water partition coefficient (Wildman–Crippen LogP) is 4.08. The van der Waals surface area contributed by atoms with E-state index in [-0.39, 0.29) is 48.8 Å². The number of ether oxygens (including phenoxy) is 2. The first kappa shape index (κ1) is 24.7. The Hall–Kier alpha value is -3.42. The molecule has 190 valence electrons. The van der Waals surface area contributed by atoms with Gasteiger partial charge in [0.15, 0.2) is 11.5 Å². The van der Waals surface area contributed by atoms with Crippen LogP contribution in [0.3, 0.4) is 0 Å². The molecule has 3 heterocycles. The van der Waals surface area contributed by atoms with Crippen molar-refractivity contribution in [1.29, 1.82) is 0 Å². The van der Waals surface area contributed by atoms with Crippen molar-refractivity contribution in [3.05, 3.63) is 35.4 Å². The molecule has 3 N–H and O–H groups in total. The Kier molecular flexibility index (Phi) is 6.83. The van der Waals surface area contributed by atoms with Crippen LogP contribution in [0.25, 0.3) is 5.65 Å². The van der Waals surface area contributed by atoms with Gasteiger partial charge >= 0.3 is 12.3 Å². The fourth-order valence-electron chi connectivity index (χ4n) is 3.95. The molecule has 0 saturated heterocycles. The van der Waals surface area contributed by atoms with Crippen molar-refractivity contribution in [2.24, 2.45) is 0 Å². The number of hydrogen-bond donors (Lipinski definition) is 3. The largest absolute Gasteiger partial charge is 0.443 e. The molecule has 14 heteroatoms. The maximum atomic E-state index is 14.5. The van der Waals surface area contributed by atoms with Crippen LogP contribution in [0.5, 0.6) is 0 Å². The minimum absolute atomic E-state index is 0.0355. The second kappa shape index (κ2) is 9.68. The first-order valence-electron chi connectivity index (χ1n) is 10.9. The zero-order valence-corrected chi connectivity index (χ0v) is 19.2. The van der Waals surface area contributed by atoms with E-state index in [0.29, 0.717) is 11.4 Å². The molecule has 3 atom stereocenters. The number of fused-ring (bicyclic) bond motifs is 1. The molecule has 1 fully saturated rings. The van der Waals surface area contributed by atoms with Crippen molar-refractivity contribution < 1.29 is 31.8 Å². The summed E-state index contributed by atoms with van der Waals surface area (Å²) in [6.07, 6.45) is -5.78. The summed E-state index contributed by atoms with van der Waals surface area (Å²) < 4.78 is 66.2. The van der Waals surface area contributed by atoms with Crippen LogP contribution < -0.4 is 10.6 Å². The lowest BCUT2D eigenvalue weighted by molar-refractivity contribution is -0.141. The lowest BCUT2D eigenvalue weighted by Crippen LogP contribution is -2.35. The number of alkyl halides is 4. The Morgan fingerprint density at radius 1 is 1.29 bits per heavy atom. The molecule has 0 bridgehead atoms. The highest BCUT2D eigenvalue weighted by atomic mass is 19.4. The van der Waals surface area contributed by atoms with Gasteiger partial charge < -0.3 is 20.1 Å². The summed E-state index contributed by atoms with van der Waals surface area (Å²) in [5.74, 6) is -0.280. The molecule has 35 heavy (non-hydrogen) atoms. The minimum atomic E-state index is -4.68. The quantitative estimate of drug-likeness (QED) is 0.419. The Morgan fingerprint density at radius 3 is 2.74 bits per heavy atom. The van der Waals surface area contributed by atoms with Gasteiger partial charge in [-0.05, 0) is 26.7 Å². The van der Waals surface area contributed by atoms with Gasteiger partial charge in [0.25, 0.3) is 0 Å². The molecular formula is C21H25F4N7O3. The second-order valence-electron chi connectivity index (χ2n) is 8.62. The number of nitrogens with one attached hydrogen (secondary N) is 3. The van der Waals surface area contributed by atoms with E-state index < -0.39 is 30.2 Å². The Bertz CT molecular complexity index is 1190. The topological polar surface area (TPSA) is 118 Å². The number of methoxy groups -OCH3 is 1. The SMILES string of the molecule is COCc1cn2c(Nc3cc([C@H]4C[C@@H](F)[C@@H](OC(=O)NC(C)C)C4)[nH]n3)nc(C(F)(F)F)cc2n1. The van der Waals surface area contributed by atoms with Gasteiger partial charge in [-0.3, -0.25) is 9.50 Å². The van der Waals surface area contributed by atoms with Gasteiger partial charge in [-0.2, -0.15) is 18.3 Å². The van der Waals surface area contributed by atoms with E-state index >= 15 is 0 Å². The maximum absolute atomic E-state index is 14.5. The van der Waals surface area contributed by atoms with Crippen LogP contribution in [0.4, 0.5) is 34.1 Å². The number of aromatic nitrogens is 5. The summed E-state index contributed by atoms with van der Waals surface area (Å²) in [6, 6.07) is 2.26. The van der Waals surface area contributed by atoms with Crippen molar-refractivity contribution in [3.63, 3.8) is 0 Å². The monoisotopic (exact) mass is 499 g/mol. The van der Waals surface area contributed by atoms with Crippen molar-refractivity contribution >= 4 is 23.5 Å². The Morgan fingerprint density at radius 2 is 2.06 bits per heavy atom. The minimum Gasteiger partial charge on any atom is -0.443 e. The number of H-pyrrole nitrogens is 1. The van der Waals surface area contributed by atoms with Crippen molar-refractivity contribution in [1.82, 2.24) is 29.9 Å². The third-order valence-electron chi connectivity index (χ3n) is 5.46. The van der Waals surface area contributed by atoms with E-state index in [1.165, 1.54) is 17.7 Å². The van der Waals surface area contributed by atoms with E-state index in [1.807, 2.05) is 0 Å². The number of carbonyl (C=O) groups excluding carboxylic acids is 1. The van der Waals surface area contributed by atoms with Gasteiger partial charge in [-0.1, -0.05) is 0 Å². The summed E-state index contributed by atoms with van der Waals surface area (Å²) in [6.45, 7) is 3.64. The fraction of sp³-hybridized carbons (Fsp3) is 0.524. The van der Waals surface area contributed by atoms with E-state index in [0.717, 1.165) is 6.07 Å². The number of rotatable bonds is 7. The van der Waals surface area contributed by atoms with Gasteiger partial charge in [0.2, 0.25) is 5.95 Å². The third kappa shape index (κ3) is 5.63. The van der Waals surface area contributed by atoms with Crippen molar-refractivity contribution in [2.75, 3.05) is 12.4 Å². The molecule has 0 aliphatic heterocycles. The first-order valence-corrected chi connectivity index (χ1v) is 10.9. The Balaban J connectivity index is 1.53. The summed E-state index contributed by atoms with van der Waals surface area (Å²) in [4.78, 5) is 19.7. The molecular weight excluding hydrogens is 474 g/mol. The molecule has 3 aromatic heterocycles. The molecule has 4 rings (SSSR count). The average molecular weight is 499 g/mol. The number of hydrogen-bond acceptors (Lipinski definition) is 7. The van der Waals surface area contributed by atoms with Crippen LogP contribution in [0.2, 0.25) is 0 Å². The number of alkyl carbamates (subject to hydrolysis) is 1. The van der Waals surface area contributed by atoms with E-state index in [1.54, 1.807) is 19.9 Å². The molecule has 1 amide bonds. The standard InChI is InChI=1S/C21H25F4N7O3/c1-10(2)26-20(33)35-15-5-11(4-13(15)22)14-6-17(31-30-14)29-19-28-16(21(23,24)25)7-18-27-12(9-34-3)8-32(18)19/h6-8,10-11,13,15H,4-5,9H2,1-3H3,(H,26,33)(H2,28,29,30,31)/t11-,13+,15-/m0/s1. The van der Waals surface area contributed by atoms with E-state index in [4.69, 9.17) is 9.47 Å². The number of aromatic amines is 1. The average Bonchev–Trinajstić information content (AvgIpc) is 3.46. The smallest absolute Gasteiger partial charge is 0.433 e. The first-order chi connectivity index (χ1) is 16.5. The van der Waals surface area contributed by atoms with E-state index in [9.17, 15) is 22.4 Å². The summed E-state index contributed by atoms with van der Waals surface area (Å²) in [5, 5.41) is 12.2. The molecule has 0 radical (unpaired) electrons. The van der Waals surface area contributed by atoms with Gasteiger partial charge in [0.05, 0.1) is 12.3 Å². The molecule has 0 aromatic carbocycles. The molecule has 0 unspecified atom stereocenters. The Labute approximate surface area is 197 Å². The van der Waals surface area contributed by atoms with Crippen LogP contribution >= 0.6 is 0 Å². The second-order valence-corrected chi connectivity index (χ2v) is 8.62. The van der Waals surface area contributed by atoms with Crippen molar-refractivity contribution in [2.45, 2.75) is 63.7 Å². The molecule has 1 aliphatic carbocycles. The number of anilines is 2. The van der Waals surface area contributed by atoms with Crippen LogP contribution in [-0.4, -0.2) is 56.1 Å². The number of carbonyl (C=O) groups is 1. The summed E-state index contributed by atoms with van der Waals surface area (Å²) in [7, 11) is 1.45.